The number of hydrogen-bond acceptors (Lipinski definition) is 3. The average Bonchev–Trinajstić information content (AvgIpc) is 3.02. The molecule has 6 nitrogen and oxygen atoms in total. The summed E-state index contributed by atoms with van der Waals surface area (Å²) in [5.74, 6) is 0.109. The van der Waals surface area contributed by atoms with Crippen LogP contribution in [0.5, 0.6) is 0 Å². The van der Waals surface area contributed by atoms with Gasteiger partial charge in [0.25, 0.3) is 0 Å². The molecule has 2 aromatic rings. The molecular formula is C18H23FN4O2. The highest BCUT2D eigenvalue weighted by atomic mass is 19.1. The predicted octanol–water partition coefficient (Wildman–Crippen LogP) is 2.41. The van der Waals surface area contributed by atoms with E-state index in [2.05, 4.69) is 15.7 Å². The van der Waals surface area contributed by atoms with Crippen LogP contribution in [0.2, 0.25) is 0 Å². The van der Waals surface area contributed by atoms with Crippen molar-refractivity contribution in [2.45, 2.75) is 37.9 Å². The monoisotopic (exact) mass is 346 g/mol. The number of rotatable bonds is 7. The molecule has 25 heavy (non-hydrogen) atoms. The van der Waals surface area contributed by atoms with E-state index < -0.39 is 0 Å². The summed E-state index contributed by atoms with van der Waals surface area (Å²) in [6.07, 6.45) is 5.31. The third kappa shape index (κ3) is 4.79. The van der Waals surface area contributed by atoms with Crippen molar-refractivity contribution in [2.75, 3.05) is 13.7 Å². The number of ether oxygens (including phenoxy) is 1. The van der Waals surface area contributed by atoms with Crippen LogP contribution in [0.4, 0.5) is 9.18 Å². The minimum Gasteiger partial charge on any atom is -0.383 e. The number of aromatic nitrogens is 2. The molecule has 0 unspecified atom stereocenters. The van der Waals surface area contributed by atoms with Gasteiger partial charge in [-0.15, -0.1) is 0 Å². The molecule has 0 radical (unpaired) electrons. The first kappa shape index (κ1) is 17.4. The fourth-order valence-electron chi connectivity index (χ4n) is 2.99. The van der Waals surface area contributed by atoms with Crippen LogP contribution in [0.3, 0.4) is 0 Å². The molecule has 3 rings (SSSR count). The summed E-state index contributed by atoms with van der Waals surface area (Å²) in [6, 6.07) is 6.63. The number of nitrogens with zero attached hydrogens (tertiary/aromatic N) is 2. The fraction of sp³-hybridized carbons (Fsp3) is 0.444. The fourth-order valence-corrected chi connectivity index (χ4v) is 2.99. The lowest BCUT2D eigenvalue weighted by Gasteiger charge is -2.36. The zero-order chi connectivity index (χ0) is 17.6. The second-order valence-electron chi connectivity index (χ2n) is 6.35. The first-order valence-corrected chi connectivity index (χ1v) is 8.44. The van der Waals surface area contributed by atoms with Crippen LogP contribution in [0.25, 0.3) is 0 Å². The summed E-state index contributed by atoms with van der Waals surface area (Å²) in [4.78, 5) is 12.0. The van der Waals surface area contributed by atoms with Crippen LogP contribution >= 0.6 is 0 Å². The Labute approximate surface area is 146 Å². The van der Waals surface area contributed by atoms with E-state index in [4.69, 9.17) is 4.74 Å². The average molecular weight is 346 g/mol. The summed E-state index contributed by atoms with van der Waals surface area (Å²) < 4.78 is 20.0. The SMILES string of the molecule is COCCn1cc(CNC(=O)NC2CC(c3cccc(F)c3)C2)cn1. The molecule has 2 N–H and O–H groups in total. The summed E-state index contributed by atoms with van der Waals surface area (Å²) in [7, 11) is 1.65. The molecule has 7 heteroatoms. The van der Waals surface area contributed by atoms with E-state index in [1.807, 2.05) is 12.3 Å². The zero-order valence-corrected chi connectivity index (χ0v) is 14.2. The number of benzene rings is 1. The number of amides is 2. The molecule has 0 saturated heterocycles. The molecule has 134 valence electrons. The Bertz CT molecular complexity index is 713. The van der Waals surface area contributed by atoms with Gasteiger partial charge in [-0.2, -0.15) is 5.10 Å². The van der Waals surface area contributed by atoms with Crippen LogP contribution < -0.4 is 10.6 Å². The summed E-state index contributed by atoms with van der Waals surface area (Å²) in [6.45, 7) is 1.72. The Morgan fingerprint density at radius 1 is 1.44 bits per heavy atom. The van der Waals surface area contributed by atoms with Crippen molar-refractivity contribution < 1.29 is 13.9 Å². The van der Waals surface area contributed by atoms with Gasteiger partial charge in [-0.05, 0) is 36.5 Å². The van der Waals surface area contributed by atoms with Gasteiger partial charge in [0, 0.05) is 31.5 Å². The maximum absolute atomic E-state index is 13.2. The van der Waals surface area contributed by atoms with E-state index >= 15 is 0 Å². The van der Waals surface area contributed by atoms with Crippen LogP contribution in [0.15, 0.2) is 36.7 Å². The summed E-state index contributed by atoms with van der Waals surface area (Å²) in [5, 5.41) is 9.99. The normalized spacial score (nSPS) is 19.3. The van der Waals surface area contributed by atoms with Gasteiger partial charge in [0.05, 0.1) is 19.3 Å². The second kappa shape index (κ2) is 8.11. The number of carbonyl (C=O) groups excluding carboxylic acids is 1. The molecule has 2 amide bonds. The number of halogens is 1. The van der Waals surface area contributed by atoms with Gasteiger partial charge < -0.3 is 15.4 Å². The van der Waals surface area contributed by atoms with Gasteiger partial charge in [-0.1, -0.05) is 12.1 Å². The molecule has 0 bridgehead atoms. The number of carbonyl (C=O) groups is 1. The quantitative estimate of drug-likeness (QED) is 0.809. The molecular weight excluding hydrogens is 323 g/mol. The van der Waals surface area contributed by atoms with Gasteiger partial charge in [0.15, 0.2) is 0 Å². The molecule has 1 aromatic carbocycles. The highest BCUT2D eigenvalue weighted by Gasteiger charge is 2.31. The van der Waals surface area contributed by atoms with E-state index in [9.17, 15) is 9.18 Å². The highest BCUT2D eigenvalue weighted by Crippen LogP contribution is 2.36. The number of methoxy groups -OCH3 is 1. The molecule has 1 aromatic heterocycles. The van der Waals surface area contributed by atoms with E-state index in [1.165, 1.54) is 6.07 Å². The Balaban J connectivity index is 1.37. The largest absolute Gasteiger partial charge is 0.383 e. The number of urea groups is 1. The molecule has 1 heterocycles. The van der Waals surface area contributed by atoms with E-state index in [0.717, 1.165) is 24.0 Å². The first-order valence-electron chi connectivity index (χ1n) is 8.44. The van der Waals surface area contributed by atoms with Gasteiger partial charge in [0.2, 0.25) is 0 Å². The summed E-state index contributed by atoms with van der Waals surface area (Å²) in [5.41, 5.74) is 1.94. The van der Waals surface area contributed by atoms with Crippen molar-refractivity contribution >= 4 is 6.03 Å². The van der Waals surface area contributed by atoms with Crippen LogP contribution in [0.1, 0.15) is 29.9 Å². The standard InChI is InChI=1S/C18H23FN4O2/c1-25-6-5-23-12-13(11-21-23)10-20-18(24)22-17-8-15(9-17)14-3-2-4-16(19)7-14/h2-4,7,11-12,15,17H,5-6,8-10H2,1H3,(H2,20,22,24). The summed E-state index contributed by atoms with van der Waals surface area (Å²) >= 11 is 0. The first-order chi connectivity index (χ1) is 12.1. The lowest BCUT2D eigenvalue weighted by atomic mass is 9.76. The van der Waals surface area contributed by atoms with Crippen molar-refractivity contribution in [3.05, 3.63) is 53.6 Å². The number of nitrogens with one attached hydrogen (secondary N) is 2. The molecule has 1 aliphatic rings. The van der Waals surface area contributed by atoms with Crippen molar-refractivity contribution in [3.8, 4) is 0 Å². The number of hydrogen-bond donors (Lipinski definition) is 2. The lowest BCUT2D eigenvalue weighted by molar-refractivity contribution is 0.183. The second-order valence-corrected chi connectivity index (χ2v) is 6.35. The van der Waals surface area contributed by atoms with Crippen molar-refractivity contribution in [1.29, 1.82) is 0 Å². The molecule has 0 aliphatic heterocycles. The Morgan fingerprint density at radius 3 is 3.04 bits per heavy atom. The van der Waals surface area contributed by atoms with Crippen molar-refractivity contribution in [2.24, 2.45) is 0 Å². The molecule has 1 aliphatic carbocycles. The Kier molecular flexibility index (Phi) is 5.65. The smallest absolute Gasteiger partial charge is 0.315 e. The zero-order valence-electron chi connectivity index (χ0n) is 14.2. The van der Waals surface area contributed by atoms with Crippen molar-refractivity contribution in [3.63, 3.8) is 0 Å². The highest BCUT2D eigenvalue weighted by molar-refractivity contribution is 5.74. The molecule has 0 spiro atoms. The van der Waals surface area contributed by atoms with Crippen LogP contribution in [-0.4, -0.2) is 35.6 Å². The maximum atomic E-state index is 13.2. The van der Waals surface area contributed by atoms with Crippen molar-refractivity contribution in [1.82, 2.24) is 20.4 Å². The van der Waals surface area contributed by atoms with Gasteiger partial charge in [-0.3, -0.25) is 4.68 Å². The Morgan fingerprint density at radius 2 is 2.28 bits per heavy atom. The molecule has 1 saturated carbocycles. The maximum Gasteiger partial charge on any atom is 0.315 e. The van der Waals surface area contributed by atoms with Crippen LogP contribution in [0, 0.1) is 5.82 Å². The third-order valence-corrected chi connectivity index (χ3v) is 4.46. The van der Waals surface area contributed by atoms with Crippen LogP contribution in [-0.2, 0) is 17.8 Å². The third-order valence-electron chi connectivity index (χ3n) is 4.46. The lowest BCUT2D eigenvalue weighted by Crippen LogP contribution is -2.47. The predicted molar refractivity (Wildman–Crippen MR) is 91.6 cm³/mol. The van der Waals surface area contributed by atoms with E-state index in [0.29, 0.717) is 25.6 Å². The topological polar surface area (TPSA) is 68.2 Å². The minimum atomic E-state index is -0.210. The van der Waals surface area contributed by atoms with Gasteiger partial charge >= 0.3 is 6.03 Å². The Hall–Kier alpha value is -2.41. The molecule has 1 fully saturated rings. The van der Waals surface area contributed by atoms with Gasteiger partial charge in [0.1, 0.15) is 5.82 Å². The molecule has 0 atom stereocenters. The minimum absolute atomic E-state index is 0.137. The van der Waals surface area contributed by atoms with E-state index in [1.54, 1.807) is 30.1 Å². The van der Waals surface area contributed by atoms with E-state index in [-0.39, 0.29) is 17.9 Å². The van der Waals surface area contributed by atoms with Gasteiger partial charge in [-0.25, -0.2) is 9.18 Å².